The smallest absolute Gasteiger partial charge is 0.0366 e. The van der Waals surface area contributed by atoms with Crippen molar-refractivity contribution in [3.05, 3.63) is 29.8 Å². The maximum absolute atomic E-state index is 6.05. The first kappa shape index (κ1) is 13.4. The molecule has 1 aliphatic heterocycles. The Balaban J connectivity index is 2.09. The highest BCUT2D eigenvalue weighted by molar-refractivity contribution is 5.48. The Bertz CT molecular complexity index is 381. The molecule has 0 saturated carbocycles. The van der Waals surface area contributed by atoms with E-state index in [-0.39, 0.29) is 6.04 Å². The summed E-state index contributed by atoms with van der Waals surface area (Å²) < 4.78 is 0. The lowest BCUT2D eigenvalue weighted by atomic mass is 9.84. The summed E-state index contributed by atoms with van der Waals surface area (Å²) in [6, 6.07) is 9.01. The van der Waals surface area contributed by atoms with Crippen molar-refractivity contribution < 1.29 is 0 Å². The Morgan fingerprint density at radius 2 is 1.94 bits per heavy atom. The second kappa shape index (κ2) is 5.31. The Morgan fingerprint density at radius 3 is 2.50 bits per heavy atom. The zero-order valence-corrected chi connectivity index (χ0v) is 11.9. The minimum absolute atomic E-state index is 0.178. The van der Waals surface area contributed by atoms with Gasteiger partial charge in [-0.05, 0) is 42.4 Å². The SMILES string of the molecule is CCC(N)c1ccc(N2CCCC(C)(C)C2)cc1. The Kier molecular flexibility index (Phi) is 3.96. The summed E-state index contributed by atoms with van der Waals surface area (Å²) >= 11 is 0. The molecule has 0 aliphatic carbocycles. The molecule has 1 unspecified atom stereocenters. The number of nitrogens with zero attached hydrogens (tertiary/aromatic N) is 1. The summed E-state index contributed by atoms with van der Waals surface area (Å²) in [5.41, 5.74) is 9.08. The number of hydrogen-bond donors (Lipinski definition) is 1. The van der Waals surface area contributed by atoms with Gasteiger partial charge in [0.1, 0.15) is 0 Å². The molecule has 0 aromatic heterocycles. The molecule has 0 amide bonds. The molecule has 0 spiro atoms. The standard InChI is InChI=1S/C16H26N2/c1-4-15(17)13-6-8-14(9-7-13)18-11-5-10-16(2,3)12-18/h6-9,15H,4-5,10-12,17H2,1-3H3. The van der Waals surface area contributed by atoms with Gasteiger partial charge in [0, 0.05) is 24.8 Å². The molecule has 18 heavy (non-hydrogen) atoms. The summed E-state index contributed by atoms with van der Waals surface area (Å²) in [6.45, 7) is 9.20. The van der Waals surface area contributed by atoms with Crippen LogP contribution in [0.15, 0.2) is 24.3 Å². The highest BCUT2D eigenvalue weighted by Gasteiger charge is 2.26. The van der Waals surface area contributed by atoms with Crippen molar-refractivity contribution in [1.29, 1.82) is 0 Å². The van der Waals surface area contributed by atoms with Gasteiger partial charge in [0.25, 0.3) is 0 Å². The minimum Gasteiger partial charge on any atom is -0.371 e. The summed E-state index contributed by atoms with van der Waals surface area (Å²) in [6.07, 6.45) is 3.63. The van der Waals surface area contributed by atoms with Crippen LogP contribution in [0.4, 0.5) is 5.69 Å². The first-order valence-electron chi connectivity index (χ1n) is 7.12. The molecule has 2 heteroatoms. The van der Waals surface area contributed by atoms with Gasteiger partial charge in [-0.15, -0.1) is 0 Å². The Labute approximate surface area is 111 Å². The van der Waals surface area contributed by atoms with Crippen molar-refractivity contribution in [3.8, 4) is 0 Å². The molecule has 1 aromatic carbocycles. The first-order chi connectivity index (χ1) is 8.52. The monoisotopic (exact) mass is 246 g/mol. The van der Waals surface area contributed by atoms with Gasteiger partial charge in [-0.3, -0.25) is 0 Å². The molecule has 2 rings (SSSR count). The van der Waals surface area contributed by atoms with Crippen molar-refractivity contribution in [2.24, 2.45) is 11.1 Å². The van der Waals surface area contributed by atoms with Crippen LogP contribution in [0.5, 0.6) is 0 Å². The van der Waals surface area contributed by atoms with E-state index < -0.39 is 0 Å². The van der Waals surface area contributed by atoms with Crippen LogP contribution in [0.2, 0.25) is 0 Å². The van der Waals surface area contributed by atoms with Gasteiger partial charge in [-0.25, -0.2) is 0 Å². The maximum atomic E-state index is 6.05. The van der Waals surface area contributed by atoms with E-state index in [0.29, 0.717) is 5.41 Å². The van der Waals surface area contributed by atoms with Gasteiger partial charge in [-0.2, -0.15) is 0 Å². The van der Waals surface area contributed by atoms with Crippen molar-refractivity contribution in [2.75, 3.05) is 18.0 Å². The van der Waals surface area contributed by atoms with Gasteiger partial charge in [-0.1, -0.05) is 32.9 Å². The second-order valence-corrected chi connectivity index (χ2v) is 6.30. The van der Waals surface area contributed by atoms with Crippen molar-refractivity contribution >= 4 is 5.69 Å². The second-order valence-electron chi connectivity index (χ2n) is 6.30. The van der Waals surface area contributed by atoms with Crippen molar-refractivity contribution in [1.82, 2.24) is 0 Å². The van der Waals surface area contributed by atoms with E-state index in [9.17, 15) is 0 Å². The van der Waals surface area contributed by atoms with E-state index in [1.54, 1.807) is 0 Å². The van der Waals surface area contributed by atoms with Gasteiger partial charge in [0.15, 0.2) is 0 Å². The zero-order valence-electron chi connectivity index (χ0n) is 11.9. The van der Waals surface area contributed by atoms with E-state index in [2.05, 4.69) is 49.9 Å². The zero-order chi connectivity index (χ0) is 13.2. The molecule has 1 saturated heterocycles. The molecule has 0 bridgehead atoms. The van der Waals surface area contributed by atoms with E-state index in [1.165, 1.54) is 30.6 Å². The lowest BCUT2D eigenvalue weighted by Crippen LogP contribution is -2.40. The van der Waals surface area contributed by atoms with Crippen LogP contribution in [-0.4, -0.2) is 13.1 Å². The minimum atomic E-state index is 0.178. The van der Waals surface area contributed by atoms with Crippen LogP contribution in [-0.2, 0) is 0 Å². The van der Waals surface area contributed by atoms with Crippen LogP contribution in [0.25, 0.3) is 0 Å². The van der Waals surface area contributed by atoms with Gasteiger partial charge < -0.3 is 10.6 Å². The lowest BCUT2D eigenvalue weighted by molar-refractivity contribution is 0.293. The highest BCUT2D eigenvalue weighted by atomic mass is 15.1. The third-order valence-electron chi connectivity index (χ3n) is 4.03. The third-order valence-corrected chi connectivity index (χ3v) is 4.03. The fourth-order valence-corrected chi connectivity index (χ4v) is 2.81. The number of piperidine rings is 1. The van der Waals surface area contributed by atoms with Crippen LogP contribution in [0.3, 0.4) is 0 Å². The van der Waals surface area contributed by atoms with Crippen LogP contribution in [0, 0.1) is 5.41 Å². The topological polar surface area (TPSA) is 29.3 Å². The average Bonchev–Trinajstić information content (AvgIpc) is 2.37. The fourth-order valence-electron chi connectivity index (χ4n) is 2.81. The molecule has 2 N–H and O–H groups in total. The van der Waals surface area contributed by atoms with E-state index in [1.807, 2.05) is 0 Å². The predicted octanol–water partition coefficient (Wildman–Crippen LogP) is 3.72. The lowest BCUT2D eigenvalue weighted by Gasteiger charge is -2.39. The molecule has 2 nitrogen and oxygen atoms in total. The molecule has 1 heterocycles. The highest BCUT2D eigenvalue weighted by Crippen LogP contribution is 2.31. The van der Waals surface area contributed by atoms with E-state index in [0.717, 1.165) is 13.0 Å². The van der Waals surface area contributed by atoms with Gasteiger partial charge >= 0.3 is 0 Å². The molecular formula is C16H26N2. The summed E-state index contributed by atoms with van der Waals surface area (Å²) in [5.74, 6) is 0. The molecule has 1 fully saturated rings. The molecule has 1 aromatic rings. The van der Waals surface area contributed by atoms with Crippen LogP contribution in [0.1, 0.15) is 51.6 Å². The Hall–Kier alpha value is -1.02. The predicted molar refractivity (Wildman–Crippen MR) is 78.9 cm³/mol. The van der Waals surface area contributed by atoms with E-state index >= 15 is 0 Å². The molecule has 1 aliphatic rings. The van der Waals surface area contributed by atoms with Gasteiger partial charge in [0.2, 0.25) is 0 Å². The summed E-state index contributed by atoms with van der Waals surface area (Å²) in [5, 5.41) is 0. The van der Waals surface area contributed by atoms with E-state index in [4.69, 9.17) is 5.73 Å². The number of benzene rings is 1. The van der Waals surface area contributed by atoms with Crippen molar-refractivity contribution in [2.45, 2.75) is 46.1 Å². The third kappa shape index (κ3) is 3.05. The molecular weight excluding hydrogens is 220 g/mol. The van der Waals surface area contributed by atoms with Crippen LogP contribution >= 0.6 is 0 Å². The number of nitrogens with two attached hydrogens (primary N) is 1. The summed E-state index contributed by atoms with van der Waals surface area (Å²) in [4.78, 5) is 2.50. The quantitative estimate of drug-likeness (QED) is 0.880. The largest absolute Gasteiger partial charge is 0.371 e. The average molecular weight is 246 g/mol. The number of rotatable bonds is 3. The van der Waals surface area contributed by atoms with Crippen LogP contribution < -0.4 is 10.6 Å². The Morgan fingerprint density at radius 1 is 1.28 bits per heavy atom. The van der Waals surface area contributed by atoms with Crippen molar-refractivity contribution in [3.63, 3.8) is 0 Å². The first-order valence-corrected chi connectivity index (χ1v) is 7.12. The summed E-state index contributed by atoms with van der Waals surface area (Å²) in [7, 11) is 0. The molecule has 100 valence electrons. The molecule has 1 atom stereocenters. The normalized spacial score (nSPS) is 20.8. The fraction of sp³-hybridized carbons (Fsp3) is 0.625. The maximum Gasteiger partial charge on any atom is 0.0366 e. The number of hydrogen-bond acceptors (Lipinski definition) is 2. The molecule has 0 radical (unpaired) electrons. The number of anilines is 1. The van der Waals surface area contributed by atoms with Gasteiger partial charge in [0.05, 0.1) is 0 Å².